The van der Waals surface area contributed by atoms with E-state index in [1.54, 1.807) is 0 Å². The molecule has 1 aromatic rings. The Kier molecular flexibility index (Phi) is 6.94. The second kappa shape index (κ2) is 8.71. The summed E-state index contributed by atoms with van der Waals surface area (Å²) in [6, 6.07) is 2.64. The zero-order valence-electron chi connectivity index (χ0n) is 11.7. The zero-order chi connectivity index (χ0) is 16.5. The summed E-state index contributed by atoms with van der Waals surface area (Å²) in [5.74, 6) is -3.75. The van der Waals surface area contributed by atoms with Gasteiger partial charge in [0.15, 0.2) is 0 Å². The number of hydrogen-bond donors (Lipinski definition) is 3. The molecule has 0 saturated heterocycles. The van der Waals surface area contributed by atoms with Crippen molar-refractivity contribution >= 4 is 17.8 Å². The van der Waals surface area contributed by atoms with E-state index in [2.05, 4.69) is 10.6 Å². The van der Waals surface area contributed by atoms with E-state index < -0.39 is 23.5 Å². The highest BCUT2D eigenvalue weighted by Crippen LogP contribution is 2.09. The molecule has 0 bridgehead atoms. The molecule has 6 nitrogen and oxygen atoms in total. The second-order valence-electron chi connectivity index (χ2n) is 4.48. The van der Waals surface area contributed by atoms with Gasteiger partial charge in [0, 0.05) is 25.6 Å². The lowest BCUT2D eigenvalue weighted by molar-refractivity contribution is -0.136. The van der Waals surface area contributed by atoms with Crippen LogP contribution in [-0.4, -0.2) is 36.0 Å². The first-order chi connectivity index (χ1) is 10.4. The van der Waals surface area contributed by atoms with Crippen LogP contribution >= 0.6 is 0 Å². The molecule has 0 unspecified atom stereocenters. The molecular weight excluding hydrogens is 298 g/mol. The van der Waals surface area contributed by atoms with Crippen LogP contribution in [0.3, 0.4) is 0 Å². The highest BCUT2D eigenvalue weighted by atomic mass is 19.1. The SMILES string of the molecule is O=C(O)CCNC(=O)CCCNC(=O)c1ccc(F)cc1F. The molecule has 2 amide bonds. The van der Waals surface area contributed by atoms with Gasteiger partial charge in [-0.3, -0.25) is 14.4 Å². The minimum atomic E-state index is -1.01. The van der Waals surface area contributed by atoms with Crippen molar-refractivity contribution in [2.75, 3.05) is 13.1 Å². The fourth-order valence-electron chi connectivity index (χ4n) is 1.62. The zero-order valence-corrected chi connectivity index (χ0v) is 11.7. The Morgan fingerprint density at radius 2 is 1.77 bits per heavy atom. The highest BCUT2D eigenvalue weighted by Gasteiger charge is 2.12. The molecular formula is C14H16F2N2O4. The summed E-state index contributed by atoms with van der Waals surface area (Å²) in [4.78, 5) is 33.2. The molecule has 8 heteroatoms. The van der Waals surface area contributed by atoms with E-state index in [9.17, 15) is 23.2 Å². The van der Waals surface area contributed by atoms with Gasteiger partial charge in [0.2, 0.25) is 5.91 Å². The van der Waals surface area contributed by atoms with Gasteiger partial charge in [-0.2, -0.15) is 0 Å². The highest BCUT2D eigenvalue weighted by molar-refractivity contribution is 5.94. The molecule has 1 aromatic carbocycles. The normalized spacial score (nSPS) is 10.1. The molecule has 22 heavy (non-hydrogen) atoms. The van der Waals surface area contributed by atoms with E-state index in [4.69, 9.17) is 5.11 Å². The number of rotatable bonds is 8. The molecule has 1 rings (SSSR count). The van der Waals surface area contributed by atoms with Crippen molar-refractivity contribution in [1.82, 2.24) is 10.6 Å². The quantitative estimate of drug-likeness (QED) is 0.625. The van der Waals surface area contributed by atoms with Crippen molar-refractivity contribution in [3.05, 3.63) is 35.4 Å². The Morgan fingerprint density at radius 3 is 2.41 bits per heavy atom. The van der Waals surface area contributed by atoms with Crippen molar-refractivity contribution < 1.29 is 28.3 Å². The van der Waals surface area contributed by atoms with Crippen molar-refractivity contribution in [3.63, 3.8) is 0 Å². The van der Waals surface area contributed by atoms with Gasteiger partial charge in [-0.05, 0) is 18.6 Å². The molecule has 3 N–H and O–H groups in total. The smallest absolute Gasteiger partial charge is 0.305 e. The number of amides is 2. The lowest BCUT2D eigenvalue weighted by atomic mass is 10.2. The first-order valence-corrected chi connectivity index (χ1v) is 6.62. The minimum Gasteiger partial charge on any atom is -0.481 e. The average molecular weight is 314 g/mol. The van der Waals surface area contributed by atoms with Gasteiger partial charge in [-0.15, -0.1) is 0 Å². The van der Waals surface area contributed by atoms with E-state index in [-0.39, 0.29) is 37.4 Å². The van der Waals surface area contributed by atoms with Crippen molar-refractivity contribution in [1.29, 1.82) is 0 Å². The molecule has 0 aromatic heterocycles. The Hall–Kier alpha value is -2.51. The Morgan fingerprint density at radius 1 is 1.05 bits per heavy atom. The summed E-state index contributed by atoms with van der Waals surface area (Å²) < 4.78 is 26.0. The monoisotopic (exact) mass is 314 g/mol. The van der Waals surface area contributed by atoms with Crippen molar-refractivity contribution in [3.8, 4) is 0 Å². The Labute approximate surface area is 125 Å². The summed E-state index contributed by atoms with van der Waals surface area (Å²) in [5, 5.41) is 13.2. The fraction of sp³-hybridized carbons (Fsp3) is 0.357. The van der Waals surface area contributed by atoms with E-state index in [0.29, 0.717) is 12.5 Å². The van der Waals surface area contributed by atoms with E-state index in [0.717, 1.165) is 12.1 Å². The predicted octanol–water partition coefficient (Wildman–Crippen LogP) is 1.07. The molecule has 120 valence electrons. The number of halogens is 2. The van der Waals surface area contributed by atoms with Crippen LogP contribution in [-0.2, 0) is 9.59 Å². The van der Waals surface area contributed by atoms with Crippen LogP contribution in [0.15, 0.2) is 18.2 Å². The number of carboxylic acids is 1. The molecule has 0 heterocycles. The van der Waals surface area contributed by atoms with Crippen molar-refractivity contribution in [2.24, 2.45) is 0 Å². The standard InChI is InChI=1S/C14H16F2N2O4/c15-9-3-4-10(11(16)8-9)14(22)18-6-1-2-12(19)17-7-5-13(20)21/h3-4,8H,1-2,5-7H2,(H,17,19)(H,18,22)(H,20,21). The van der Waals surface area contributed by atoms with Gasteiger partial charge in [-0.1, -0.05) is 0 Å². The van der Waals surface area contributed by atoms with Gasteiger partial charge in [0.1, 0.15) is 11.6 Å². The second-order valence-corrected chi connectivity index (χ2v) is 4.48. The molecule has 0 saturated carbocycles. The molecule has 0 aliphatic heterocycles. The summed E-state index contributed by atoms with van der Waals surface area (Å²) in [6.45, 7) is 0.184. The van der Waals surface area contributed by atoms with Gasteiger partial charge >= 0.3 is 5.97 Å². The molecule has 0 radical (unpaired) electrons. The van der Waals surface area contributed by atoms with Gasteiger partial charge in [0.05, 0.1) is 12.0 Å². The topological polar surface area (TPSA) is 95.5 Å². The van der Waals surface area contributed by atoms with E-state index >= 15 is 0 Å². The van der Waals surface area contributed by atoms with Gasteiger partial charge < -0.3 is 15.7 Å². The van der Waals surface area contributed by atoms with Crippen LogP contribution < -0.4 is 10.6 Å². The van der Waals surface area contributed by atoms with Crippen LogP contribution in [0.2, 0.25) is 0 Å². The maximum absolute atomic E-state index is 13.3. The minimum absolute atomic E-state index is 0.0430. The van der Waals surface area contributed by atoms with Crippen molar-refractivity contribution in [2.45, 2.75) is 19.3 Å². The number of benzene rings is 1. The molecule has 0 spiro atoms. The van der Waals surface area contributed by atoms with E-state index in [1.807, 2.05) is 0 Å². The molecule has 0 aliphatic rings. The summed E-state index contributed by atoms with van der Waals surface area (Å²) in [6.07, 6.45) is 0.256. The van der Waals surface area contributed by atoms with Crippen LogP contribution in [0.4, 0.5) is 8.78 Å². The van der Waals surface area contributed by atoms with Crippen LogP contribution in [0.5, 0.6) is 0 Å². The lowest BCUT2D eigenvalue weighted by Crippen LogP contribution is -2.29. The first kappa shape index (κ1) is 17.5. The van der Waals surface area contributed by atoms with Crippen LogP contribution in [0.25, 0.3) is 0 Å². The molecule has 0 aliphatic carbocycles. The Bertz CT molecular complexity index is 564. The number of carboxylic acid groups (broad SMARTS) is 1. The van der Waals surface area contributed by atoms with E-state index in [1.165, 1.54) is 0 Å². The van der Waals surface area contributed by atoms with Crippen LogP contribution in [0.1, 0.15) is 29.6 Å². The fourth-order valence-corrected chi connectivity index (χ4v) is 1.62. The third kappa shape index (κ3) is 6.29. The van der Waals surface area contributed by atoms with Gasteiger partial charge in [-0.25, -0.2) is 8.78 Å². The summed E-state index contributed by atoms with van der Waals surface area (Å²) >= 11 is 0. The first-order valence-electron chi connectivity index (χ1n) is 6.62. The number of nitrogens with one attached hydrogen (secondary N) is 2. The molecule has 0 fully saturated rings. The number of carbonyl (C=O) groups excluding carboxylic acids is 2. The molecule has 0 atom stereocenters. The maximum atomic E-state index is 13.3. The summed E-state index contributed by atoms with van der Waals surface area (Å²) in [5.41, 5.74) is -0.271. The summed E-state index contributed by atoms with van der Waals surface area (Å²) in [7, 11) is 0. The third-order valence-electron chi connectivity index (χ3n) is 2.70. The number of hydrogen-bond acceptors (Lipinski definition) is 3. The maximum Gasteiger partial charge on any atom is 0.305 e. The Balaban J connectivity index is 2.25. The predicted molar refractivity (Wildman–Crippen MR) is 73.2 cm³/mol. The van der Waals surface area contributed by atoms with Gasteiger partial charge in [0.25, 0.3) is 5.91 Å². The number of aliphatic carboxylic acids is 1. The largest absolute Gasteiger partial charge is 0.481 e. The lowest BCUT2D eigenvalue weighted by Gasteiger charge is -2.06. The third-order valence-corrected chi connectivity index (χ3v) is 2.70. The average Bonchev–Trinajstić information content (AvgIpc) is 2.43. The number of carbonyl (C=O) groups is 3. The van der Waals surface area contributed by atoms with Crippen LogP contribution in [0, 0.1) is 11.6 Å².